The predicted octanol–water partition coefficient (Wildman–Crippen LogP) is 3.38. The number of thiocarbonyl (C=S) groups is 1. The highest BCUT2D eigenvalue weighted by molar-refractivity contribution is 9.10. The van der Waals surface area contributed by atoms with Crippen LogP contribution in [0.3, 0.4) is 0 Å². The van der Waals surface area contributed by atoms with Crippen molar-refractivity contribution in [1.82, 2.24) is 16.2 Å². The molecule has 0 bridgehead atoms. The van der Waals surface area contributed by atoms with E-state index in [2.05, 4.69) is 32.1 Å². The lowest BCUT2D eigenvalue weighted by molar-refractivity contribution is -0.384. The summed E-state index contributed by atoms with van der Waals surface area (Å²) in [4.78, 5) is 34.1. The number of ether oxygens (including phenoxy) is 1. The average Bonchev–Trinajstić information content (AvgIpc) is 2.65. The molecular weight excluding hydrogens is 511 g/mol. The number of benzene rings is 2. The van der Waals surface area contributed by atoms with E-state index in [1.54, 1.807) is 18.2 Å². The molecule has 0 heterocycles. The molecule has 0 aliphatic carbocycles. The lowest BCUT2D eigenvalue weighted by atomic mass is 10.2. The van der Waals surface area contributed by atoms with Crippen molar-refractivity contribution in [3.63, 3.8) is 0 Å². The number of nitrogens with one attached hydrogen (secondary N) is 3. The van der Waals surface area contributed by atoms with Gasteiger partial charge < -0.3 is 4.74 Å². The summed E-state index contributed by atoms with van der Waals surface area (Å²) in [6, 6.07) is 8.42. The highest BCUT2D eigenvalue weighted by Gasteiger charge is 2.16. The molecule has 3 N–H and O–H groups in total. The molecule has 0 saturated heterocycles. The molecule has 2 amide bonds. The number of carbonyl (C=O) groups excluding carboxylic acids is 2. The Morgan fingerprint density at radius 1 is 1.14 bits per heavy atom. The fraction of sp³-hybridized carbons (Fsp3) is 0.0625. The molecule has 0 radical (unpaired) electrons. The second-order valence-electron chi connectivity index (χ2n) is 5.24. The third kappa shape index (κ3) is 6.82. The van der Waals surface area contributed by atoms with Gasteiger partial charge in [0.05, 0.1) is 9.95 Å². The number of halogens is 3. The maximum absolute atomic E-state index is 12.0. The molecule has 0 spiro atoms. The maximum atomic E-state index is 12.0. The number of rotatable bonds is 5. The smallest absolute Gasteiger partial charge is 0.288 e. The summed E-state index contributed by atoms with van der Waals surface area (Å²) in [5.41, 5.74) is 4.05. The minimum atomic E-state index is -0.723. The quantitative estimate of drug-likeness (QED) is 0.313. The highest BCUT2D eigenvalue weighted by Crippen LogP contribution is 2.27. The van der Waals surface area contributed by atoms with Gasteiger partial charge in [-0.05, 0) is 42.5 Å². The largest absolute Gasteiger partial charge is 0.482 e. The van der Waals surface area contributed by atoms with Crippen LogP contribution in [0.1, 0.15) is 10.4 Å². The predicted molar refractivity (Wildman–Crippen MR) is 114 cm³/mol. The number of carbonyl (C=O) groups is 2. The van der Waals surface area contributed by atoms with Crippen LogP contribution in [0.15, 0.2) is 40.9 Å². The van der Waals surface area contributed by atoms with Gasteiger partial charge in [-0.15, -0.1) is 0 Å². The summed E-state index contributed by atoms with van der Waals surface area (Å²) in [5.74, 6) is -1.02. The second kappa shape index (κ2) is 10.3. The normalized spacial score (nSPS) is 10.0. The van der Waals surface area contributed by atoms with Gasteiger partial charge in [0.1, 0.15) is 10.8 Å². The summed E-state index contributed by atoms with van der Waals surface area (Å²) in [5, 5.41) is 13.2. The van der Waals surface area contributed by atoms with E-state index in [9.17, 15) is 19.7 Å². The third-order valence-corrected chi connectivity index (χ3v) is 4.51. The van der Waals surface area contributed by atoms with E-state index in [1.807, 2.05) is 0 Å². The van der Waals surface area contributed by atoms with E-state index in [4.69, 9.17) is 40.2 Å². The number of hydrogen-bond acceptors (Lipinski definition) is 6. The highest BCUT2D eigenvalue weighted by atomic mass is 79.9. The van der Waals surface area contributed by atoms with Gasteiger partial charge in [0, 0.05) is 16.1 Å². The Labute approximate surface area is 187 Å². The van der Waals surface area contributed by atoms with Gasteiger partial charge in [-0.1, -0.05) is 39.1 Å². The Morgan fingerprint density at radius 2 is 1.86 bits per heavy atom. The van der Waals surface area contributed by atoms with E-state index in [0.29, 0.717) is 10.8 Å². The molecule has 2 aromatic rings. The molecule has 9 nitrogen and oxygen atoms in total. The summed E-state index contributed by atoms with van der Waals surface area (Å²) < 4.78 is 6.04. The van der Waals surface area contributed by atoms with Crippen LogP contribution in [0.4, 0.5) is 5.69 Å². The van der Waals surface area contributed by atoms with Crippen molar-refractivity contribution < 1.29 is 19.2 Å². The number of hydrazine groups is 1. The molecule has 0 fully saturated rings. The average molecular weight is 522 g/mol. The standard InChI is InChI=1S/C16H11BrCl2N4O5S/c17-9-2-4-13(11(19)6-9)28-7-14(24)20-16(29)22-21-15(25)8-1-3-10(18)12(5-8)23(26)27/h1-6H,7H2,(H,21,25)(H2,20,22,24,29). The van der Waals surface area contributed by atoms with Crippen LogP contribution in [-0.4, -0.2) is 28.5 Å². The van der Waals surface area contributed by atoms with Crippen LogP contribution in [0, 0.1) is 10.1 Å². The van der Waals surface area contributed by atoms with Gasteiger partial charge >= 0.3 is 0 Å². The van der Waals surface area contributed by atoms with Crippen LogP contribution in [0.25, 0.3) is 0 Å². The van der Waals surface area contributed by atoms with Crippen LogP contribution < -0.4 is 20.9 Å². The zero-order chi connectivity index (χ0) is 21.6. The Balaban J connectivity index is 1.83. The zero-order valence-electron chi connectivity index (χ0n) is 14.2. The molecule has 2 aromatic carbocycles. The summed E-state index contributed by atoms with van der Waals surface area (Å²) in [7, 11) is 0. The van der Waals surface area contributed by atoms with Crippen LogP contribution >= 0.6 is 51.3 Å². The Bertz CT molecular complexity index is 992. The fourth-order valence-electron chi connectivity index (χ4n) is 1.91. The van der Waals surface area contributed by atoms with Gasteiger partial charge in [0.25, 0.3) is 17.5 Å². The summed E-state index contributed by atoms with van der Waals surface area (Å²) in [6.07, 6.45) is 0. The van der Waals surface area contributed by atoms with E-state index < -0.39 is 22.4 Å². The number of nitro benzene ring substituents is 1. The Hall–Kier alpha value is -2.47. The van der Waals surface area contributed by atoms with Crippen molar-refractivity contribution in [3.8, 4) is 5.75 Å². The maximum Gasteiger partial charge on any atom is 0.288 e. The zero-order valence-corrected chi connectivity index (χ0v) is 18.1. The Kier molecular flexibility index (Phi) is 8.14. The first-order valence-corrected chi connectivity index (χ1v) is 9.55. The lowest BCUT2D eigenvalue weighted by Gasteiger charge is -2.12. The molecule has 0 aromatic heterocycles. The molecule has 0 atom stereocenters. The van der Waals surface area contributed by atoms with Crippen LogP contribution in [-0.2, 0) is 4.79 Å². The number of nitrogens with zero attached hydrogens (tertiary/aromatic N) is 1. The van der Waals surface area contributed by atoms with Gasteiger partial charge in [-0.3, -0.25) is 35.9 Å². The molecule has 13 heteroatoms. The molecular formula is C16H11BrCl2N4O5S. The minimum Gasteiger partial charge on any atom is -0.482 e. The van der Waals surface area contributed by atoms with Crippen molar-refractivity contribution in [2.75, 3.05) is 6.61 Å². The molecule has 0 unspecified atom stereocenters. The van der Waals surface area contributed by atoms with Crippen molar-refractivity contribution in [1.29, 1.82) is 0 Å². The van der Waals surface area contributed by atoms with Crippen LogP contribution in [0.5, 0.6) is 5.75 Å². The molecule has 0 aliphatic rings. The van der Waals surface area contributed by atoms with Crippen molar-refractivity contribution in [3.05, 3.63) is 66.6 Å². The molecule has 29 heavy (non-hydrogen) atoms. The summed E-state index contributed by atoms with van der Waals surface area (Å²) >= 11 is 19.8. The topological polar surface area (TPSA) is 123 Å². The number of hydrogen-bond donors (Lipinski definition) is 3. The third-order valence-electron chi connectivity index (χ3n) is 3.20. The van der Waals surface area contributed by atoms with Crippen molar-refractivity contribution in [2.24, 2.45) is 0 Å². The number of nitro groups is 1. The monoisotopic (exact) mass is 520 g/mol. The second-order valence-corrected chi connectivity index (χ2v) is 7.38. The molecule has 0 saturated carbocycles. The van der Waals surface area contributed by atoms with E-state index in [1.165, 1.54) is 12.1 Å². The first kappa shape index (κ1) is 22.8. The van der Waals surface area contributed by atoms with E-state index in [-0.39, 0.29) is 22.3 Å². The number of amides is 2. The van der Waals surface area contributed by atoms with Crippen LogP contribution in [0.2, 0.25) is 10.0 Å². The summed E-state index contributed by atoms with van der Waals surface area (Å²) in [6.45, 7) is -0.375. The van der Waals surface area contributed by atoms with E-state index in [0.717, 1.165) is 10.5 Å². The molecule has 2 rings (SSSR count). The minimum absolute atomic E-state index is 0.0315. The molecule has 152 valence electrons. The fourth-order valence-corrected chi connectivity index (χ4v) is 2.99. The van der Waals surface area contributed by atoms with Crippen molar-refractivity contribution >= 4 is 74.0 Å². The van der Waals surface area contributed by atoms with Gasteiger partial charge in [0.15, 0.2) is 11.7 Å². The lowest BCUT2D eigenvalue weighted by Crippen LogP contribution is -2.49. The van der Waals surface area contributed by atoms with Gasteiger partial charge in [0.2, 0.25) is 0 Å². The Morgan fingerprint density at radius 3 is 2.52 bits per heavy atom. The van der Waals surface area contributed by atoms with Gasteiger partial charge in [-0.2, -0.15) is 0 Å². The van der Waals surface area contributed by atoms with E-state index >= 15 is 0 Å². The van der Waals surface area contributed by atoms with Gasteiger partial charge in [-0.25, -0.2) is 0 Å². The molecule has 0 aliphatic heterocycles. The first-order chi connectivity index (χ1) is 13.7. The SMILES string of the molecule is O=C(COc1ccc(Br)cc1Cl)NC(=S)NNC(=O)c1ccc(Cl)c([N+](=O)[O-])c1. The first-order valence-electron chi connectivity index (χ1n) is 7.59. The van der Waals surface area contributed by atoms with Crippen molar-refractivity contribution in [2.45, 2.75) is 0 Å².